The number of pyridine rings is 1. The van der Waals surface area contributed by atoms with Crippen molar-refractivity contribution in [1.82, 2.24) is 10.3 Å². The summed E-state index contributed by atoms with van der Waals surface area (Å²) in [5, 5.41) is 12.4. The van der Waals surface area contributed by atoms with Gasteiger partial charge in [-0.3, -0.25) is 4.79 Å². The number of alkyl halides is 3. The first-order valence-electron chi connectivity index (χ1n) is 6.95. The zero-order valence-electron chi connectivity index (χ0n) is 12.7. The lowest BCUT2D eigenvalue weighted by atomic mass is 10.1. The van der Waals surface area contributed by atoms with Crippen LogP contribution in [-0.4, -0.2) is 29.7 Å². The third-order valence-electron chi connectivity index (χ3n) is 3.26. The first-order chi connectivity index (χ1) is 11.3. The Morgan fingerprint density at radius 2 is 2.08 bits per heavy atom. The molecule has 0 aliphatic heterocycles. The quantitative estimate of drug-likeness (QED) is 0.878. The van der Waals surface area contributed by atoms with Gasteiger partial charge in [-0.2, -0.15) is 13.2 Å². The topological polar surface area (TPSA) is 71.5 Å². The molecule has 0 bridgehead atoms. The third-order valence-corrected chi connectivity index (χ3v) is 3.26. The molecule has 24 heavy (non-hydrogen) atoms. The van der Waals surface area contributed by atoms with E-state index in [0.29, 0.717) is 0 Å². The zero-order valence-corrected chi connectivity index (χ0v) is 12.7. The van der Waals surface area contributed by atoms with E-state index in [2.05, 4.69) is 10.3 Å². The first-order valence-corrected chi connectivity index (χ1v) is 6.95. The summed E-state index contributed by atoms with van der Waals surface area (Å²) < 4.78 is 43.0. The molecule has 2 N–H and O–H groups in total. The molecule has 5 nitrogen and oxygen atoms in total. The van der Waals surface area contributed by atoms with Crippen LogP contribution in [0.5, 0.6) is 5.88 Å². The molecule has 0 fully saturated rings. The van der Waals surface area contributed by atoms with E-state index in [0.717, 1.165) is 12.1 Å². The van der Waals surface area contributed by atoms with Gasteiger partial charge in [-0.05, 0) is 29.8 Å². The summed E-state index contributed by atoms with van der Waals surface area (Å²) in [7, 11) is 1.36. The van der Waals surface area contributed by atoms with Gasteiger partial charge in [0.05, 0.1) is 18.8 Å². The molecule has 2 rings (SSSR count). The lowest BCUT2D eigenvalue weighted by Crippen LogP contribution is -2.29. The molecular weight excluding hydrogens is 325 g/mol. The predicted octanol–water partition coefficient (Wildman–Crippen LogP) is 2.57. The van der Waals surface area contributed by atoms with Gasteiger partial charge in [0.2, 0.25) is 5.88 Å². The van der Waals surface area contributed by atoms with E-state index < -0.39 is 23.8 Å². The molecule has 0 aliphatic carbocycles. The number of aliphatic hydroxyl groups is 1. The molecule has 2 aromatic rings. The third kappa shape index (κ3) is 4.23. The molecule has 1 atom stereocenters. The van der Waals surface area contributed by atoms with Crippen LogP contribution in [-0.2, 0) is 6.18 Å². The summed E-state index contributed by atoms with van der Waals surface area (Å²) in [5.74, 6) is -0.436. The summed E-state index contributed by atoms with van der Waals surface area (Å²) in [5.41, 5.74) is -0.640. The summed E-state index contributed by atoms with van der Waals surface area (Å²) in [4.78, 5) is 15.9. The van der Waals surface area contributed by atoms with Crippen molar-refractivity contribution in [3.8, 4) is 5.88 Å². The minimum absolute atomic E-state index is 0.0586. The number of methoxy groups -OCH3 is 1. The Kier molecular flexibility index (Phi) is 5.40. The van der Waals surface area contributed by atoms with Gasteiger partial charge in [0.25, 0.3) is 5.91 Å². The maximum absolute atomic E-state index is 12.7. The van der Waals surface area contributed by atoms with Crippen LogP contribution in [0, 0.1) is 0 Å². The van der Waals surface area contributed by atoms with E-state index in [4.69, 9.17) is 4.74 Å². The fourth-order valence-corrected chi connectivity index (χ4v) is 2.05. The summed E-state index contributed by atoms with van der Waals surface area (Å²) in [6.07, 6.45) is -4.33. The van der Waals surface area contributed by atoms with Crippen molar-refractivity contribution in [2.45, 2.75) is 12.3 Å². The van der Waals surface area contributed by atoms with Crippen LogP contribution in [0.3, 0.4) is 0 Å². The Morgan fingerprint density at radius 1 is 1.33 bits per heavy atom. The second kappa shape index (κ2) is 7.31. The maximum Gasteiger partial charge on any atom is 0.416 e. The van der Waals surface area contributed by atoms with E-state index in [1.54, 1.807) is 6.07 Å². The number of rotatable bonds is 5. The van der Waals surface area contributed by atoms with Crippen LogP contribution in [0.15, 0.2) is 42.6 Å². The van der Waals surface area contributed by atoms with E-state index in [1.165, 1.54) is 31.5 Å². The predicted molar refractivity (Wildman–Crippen MR) is 79.5 cm³/mol. The molecule has 8 heteroatoms. The van der Waals surface area contributed by atoms with Crippen molar-refractivity contribution in [1.29, 1.82) is 0 Å². The highest BCUT2D eigenvalue weighted by atomic mass is 19.4. The molecule has 1 amide bonds. The SMILES string of the molecule is COc1ncccc1C(=O)NCC(O)c1cccc(C(F)(F)F)c1. The van der Waals surface area contributed by atoms with Crippen molar-refractivity contribution in [2.24, 2.45) is 0 Å². The minimum atomic E-state index is -4.50. The number of hydrogen-bond donors (Lipinski definition) is 2. The number of amides is 1. The van der Waals surface area contributed by atoms with Gasteiger partial charge in [0.15, 0.2) is 0 Å². The van der Waals surface area contributed by atoms with E-state index in [-0.39, 0.29) is 23.6 Å². The standard InChI is InChI=1S/C16H15F3N2O3/c1-24-15-12(6-3-7-20-15)14(23)21-9-13(22)10-4-2-5-11(8-10)16(17,18)19/h2-8,13,22H,9H2,1H3,(H,21,23). The number of nitrogens with one attached hydrogen (secondary N) is 1. The molecule has 1 unspecified atom stereocenters. The van der Waals surface area contributed by atoms with Crippen molar-refractivity contribution in [3.05, 3.63) is 59.3 Å². The Hall–Kier alpha value is -2.61. The molecule has 0 aliphatic rings. The van der Waals surface area contributed by atoms with E-state index in [1.807, 2.05) is 0 Å². The maximum atomic E-state index is 12.7. The molecule has 0 spiro atoms. The molecule has 128 valence electrons. The largest absolute Gasteiger partial charge is 0.480 e. The van der Waals surface area contributed by atoms with Gasteiger partial charge in [-0.1, -0.05) is 12.1 Å². The van der Waals surface area contributed by atoms with Crippen molar-refractivity contribution in [3.63, 3.8) is 0 Å². The molecule has 1 heterocycles. The number of aliphatic hydroxyl groups excluding tert-OH is 1. The Morgan fingerprint density at radius 3 is 2.75 bits per heavy atom. The fraction of sp³-hybridized carbons (Fsp3) is 0.250. The average molecular weight is 340 g/mol. The minimum Gasteiger partial charge on any atom is -0.480 e. The Balaban J connectivity index is 2.05. The van der Waals surface area contributed by atoms with Crippen LogP contribution < -0.4 is 10.1 Å². The van der Waals surface area contributed by atoms with Crippen molar-refractivity contribution in [2.75, 3.05) is 13.7 Å². The van der Waals surface area contributed by atoms with Gasteiger partial charge in [0.1, 0.15) is 5.56 Å². The number of carbonyl (C=O) groups is 1. The highest BCUT2D eigenvalue weighted by Gasteiger charge is 2.30. The number of benzene rings is 1. The molecule has 0 saturated carbocycles. The van der Waals surface area contributed by atoms with E-state index in [9.17, 15) is 23.1 Å². The number of halogens is 3. The summed E-state index contributed by atoms with van der Waals surface area (Å²) in [6.45, 7) is -0.252. The summed E-state index contributed by atoms with van der Waals surface area (Å²) in [6, 6.07) is 7.35. The molecule has 1 aromatic heterocycles. The normalized spacial score (nSPS) is 12.5. The lowest BCUT2D eigenvalue weighted by molar-refractivity contribution is -0.137. The summed E-state index contributed by atoms with van der Waals surface area (Å²) >= 11 is 0. The smallest absolute Gasteiger partial charge is 0.416 e. The van der Waals surface area contributed by atoms with Crippen LogP contribution >= 0.6 is 0 Å². The average Bonchev–Trinajstić information content (AvgIpc) is 2.58. The monoisotopic (exact) mass is 340 g/mol. The van der Waals surface area contributed by atoms with Crippen LogP contribution in [0.4, 0.5) is 13.2 Å². The fourth-order valence-electron chi connectivity index (χ4n) is 2.05. The lowest BCUT2D eigenvalue weighted by Gasteiger charge is -2.15. The number of carbonyl (C=O) groups excluding carboxylic acids is 1. The number of nitrogens with zero attached hydrogens (tertiary/aromatic N) is 1. The second-order valence-electron chi connectivity index (χ2n) is 4.91. The zero-order chi connectivity index (χ0) is 17.7. The van der Waals surface area contributed by atoms with Gasteiger partial charge in [-0.15, -0.1) is 0 Å². The highest BCUT2D eigenvalue weighted by Crippen LogP contribution is 2.30. The molecule has 0 saturated heterocycles. The number of aromatic nitrogens is 1. The number of hydrogen-bond acceptors (Lipinski definition) is 4. The molecular formula is C16H15F3N2O3. The van der Waals surface area contributed by atoms with Crippen LogP contribution in [0.1, 0.15) is 27.6 Å². The second-order valence-corrected chi connectivity index (χ2v) is 4.91. The molecule has 0 radical (unpaired) electrons. The van der Waals surface area contributed by atoms with Crippen LogP contribution in [0.25, 0.3) is 0 Å². The Labute approximate surface area is 136 Å². The van der Waals surface area contributed by atoms with Gasteiger partial charge in [0, 0.05) is 12.7 Å². The van der Waals surface area contributed by atoms with Crippen LogP contribution in [0.2, 0.25) is 0 Å². The van der Waals surface area contributed by atoms with Gasteiger partial charge >= 0.3 is 6.18 Å². The molecule has 1 aromatic carbocycles. The number of ether oxygens (including phenoxy) is 1. The van der Waals surface area contributed by atoms with E-state index >= 15 is 0 Å². The van der Waals surface area contributed by atoms with Crippen molar-refractivity contribution < 1.29 is 27.8 Å². The first kappa shape index (κ1) is 17.7. The Bertz CT molecular complexity index is 720. The highest BCUT2D eigenvalue weighted by molar-refractivity contribution is 5.96. The van der Waals surface area contributed by atoms with Crippen molar-refractivity contribution >= 4 is 5.91 Å². The van der Waals surface area contributed by atoms with Gasteiger partial charge in [-0.25, -0.2) is 4.98 Å². The van der Waals surface area contributed by atoms with Gasteiger partial charge < -0.3 is 15.2 Å².